The van der Waals surface area contributed by atoms with E-state index in [-0.39, 0.29) is 59.0 Å². The Morgan fingerprint density at radius 3 is 2.64 bits per heavy atom. The van der Waals surface area contributed by atoms with Crippen molar-refractivity contribution < 1.29 is 70.6 Å². The maximum atomic E-state index is 12.7. The third-order valence-electron chi connectivity index (χ3n) is 4.55. The number of rotatable bonds is 11. The van der Waals surface area contributed by atoms with Crippen molar-refractivity contribution in [3.05, 3.63) is 11.3 Å². The molecule has 0 spiro atoms. The Bertz CT molecular complexity index is 1120. The molecule has 14 nitrogen and oxygen atoms in total. The molecule has 2 aliphatic rings. The number of hydrogen-bond donors (Lipinski definition) is 4. The van der Waals surface area contributed by atoms with Crippen LogP contribution in [0.1, 0.15) is 6.42 Å². The second-order valence-corrected chi connectivity index (χ2v) is 11.6. The molecule has 0 saturated carbocycles. The number of nitrogens with two attached hydrogens (primary N) is 1. The molecule has 22 heteroatoms. The van der Waals surface area contributed by atoms with Crippen molar-refractivity contribution in [3.63, 3.8) is 0 Å². The first kappa shape index (κ1) is 31.1. The van der Waals surface area contributed by atoms with Crippen LogP contribution in [0.15, 0.2) is 16.4 Å². The van der Waals surface area contributed by atoms with E-state index in [1.807, 2.05) is 0 Å². The zero-order valence-electron chi connectivity index (χ0n) is 18.1. The van der Waals surface area contributed by atoms with Crippen LogP contribution < -0.4 is 49.8 Å². The van der Waals surface area contributed by atoms with Crippen LogP contribution in [0.4, 0.5) is 13.2 Å². The van der Waals surface area contributed by atoms with Gasteiger partial charge in [-0.3, -0.25) is 14.5 Å². The predicted molar refractivity (Wildman–Crippen MR) is 115 cm³/mol. The topological polar surface area (TPSA) is 216 Å². The maximum absolute atomic E-state index is 12.7. The second-order valence-electron chi connectivity index (χ2n) is 6.89. The monoisotopic (exact) mass is 600 g/mol. The summed E-state index contributed by atoms with van der Waals surface area (Å²) in [5.74, 6) is -4.50. The first-order valence-corrected chi connectivity index (χ1v) is 13.8. The van der Waals surface area contributed by atoms with E-state index < -0.39 is 73.4 Å². The molecular weight excluding hydrogens is 584 g/mol. The number of thioether (sulfide) groups is 3. The molecule has 3 heterocycles. The smallest absolute Gasteiger partial charge is 0.543 e. The molecule has 1 fully saturated rings. The number of carbonyl (C=O) groups excluding carboxylic acids is 3. The minimum atomic E-state index is -4.63. The number of nitrogens with one attached hydrogen (secondary N) is 3. The molecule has 0 aromatic carbocycles. The Balaban J connectivity index is 0.00000456. The minimum Gasteiger partial charge on any atom is -0.543 e. The van der Waals surface area contributed by atoms with E-state index in [1.54, 1.807) is 0 Å². The summed E-state index contributed by atoms with van der Waals surface area (Å²) in [5, 5.41) is 30.7. The number of carboxylic acid groups (broad SMARTS) is 1. The number of β-lactam (4-membered cyclic amide) rings is 1. The minimum absolute atomic E-state index is 0. The van der Waals surface area contributed by atoms with Gasteiger partial charge < -0.3 is 15.2 Å². The van der Waals surface area contributed by atoms with Gasteiger partial charge in [0.15, 0.2) is 0 Å². The van der Waals surface area contributed by atoms with Crippen molar-refractivity contribution in [2.75, 3.05) is 18.1 Å². The number of H-pyrrole nitrogens is 1. The van der Waals surface area contributed by atoms with Crippen LogP contribution in [0.5, 0.6) is 0 Å². The van der Waals surface area contributed by atoms with Crippen molar-refractivity contribution in [2.24, 2.45) is 5.14 Å². The summed E-state index contributed by atoms with van der Waals surface area (Å²) in [6.45, 7) is -0.181. The van der Waals surface area contributed by atoms with Gasteiger partial charge in [0, 0.05) is 17.5 Å². The number of tetrazole rings is 1. The van der Waals surface area contributed by atoms with Crippen LogP contribution >= 0.6 is 35.3 Å². The average Bonchev–Trinajstić information content (AvgIpc) is 3.26. The van der Waals surface area contributed by atoms with Crippen LogP contribution in [0.2, 0.25) is 0 Å². The number of aliphatic carboxylic acids is 1. The fraction of sp³-hybridized carbons (Fsp3) is 0.571. The van der Waals surface area contributed by atoms with Crippen LogP contribution in [-0.2, 0) is 24.6 Å². The molecule has 194 valence electrons. The average molecular weight is 601 g/mol. The van der Waals surface area contributed by atoms with Crippen LogP contribution in [0.3, 0.4) is 0 Å². The number of halogens is 3. The Morgan fingerprint density at radius 1 is 1.39 bits per heavy atom. The van der Waals surface area contributed by atoms with Gasteiger partial charge in [0.05, 0.1) is 17.4 Å². The number of aromatic amines is 1. The van der Waals surface area contributed by atoms with Gasteiger partial charge in [0.1, 0.15) is 11.4 Å². The number of amides is 2. The third-order valence-corrected chi connectivity index (χ3v) is 8.40. The zero-order valence-corrected chi connectivity index (χ0v) is 23.4. The van der Waals surface area contributed by atoms with Crippen molar-refractivity contribution in [2.45, 2.75) is 33.8 Å². The molecule has 1 aromatic heterocycles. The fourth-order valence-electron chi connectivity index (χ4n) is 3.21. The molecular formula is C14H16F3N8NaO6S4. The quantitative estimate of drug-likeness (QED) is 0.106. The van der Waals surface area contributed by atoms with Crippen molar-refractivity contribution in [3.8, 4) is 0 Å². The van der Waals surface area contributed by atoms with Gasteiger partial charge in [-0.2, -0.15) is 21.6 Å². The predicted octanol–water partition coefficient (Wildman–Crippen LogP) is -5.50. The van der Waals surface area contributed by atoms with E-state index in [1.165, 1.54) is 0 Å². The van der Waals surface area contributed by atoms with E-state index in [0.29, 0.717) is 0 Å². The van der Waals surface area contributed by atoms with Gasteiger partial charge in [0.25, 0.3) is 16.1 Å². The van der Waals surface area contributed by atoms with Gasteiger partial charge >= 0.3 is 35.1 Å². The van der Waals surface area contributed by atoms with Crippen LogP contribution in [0.25, 0.3) is 0 Å². The van der Waals surface area contributed by atoms with E-state index in [2.05, 4.69) is 30.7 Å². The summed E-state index contributed by atoms with van der Waals surface area (Å²) in [4.78, 5) is 37.4. The Morgan fingerprint density at radius 2 is 2.08 bits per heavy atom. The third kappa shape index (κ3) is 8.21. The molecule has 5 N–H and O–H groups in total. The normalized spacial score (nSPS) is 20.8. The first-order valence-electron chi connectivity index (χ1n) is 9.33. The van der Waals surface area contributed by atoms with Crippen molar-refractivity contribution in [1.82, 2.24) is 35.6 Å². The molecule has 0 aliphatic carbocycles. The molecule has 1 aromatic rings. The van der Waals surface area contributed by atoms with Gasteiger partial charge in [0.2, 0.25) is 11.1 Å². The standard InChI is InChI=1S/C14H17F3N8O6S4.Na/c15-14(16,17)33-4-7(26)20-8-10(27)25-9(12(28)29)5(3-32-11(8)25)6(1-2-19-35(18,30)31)34-13-21-23-24-22-13;/h6,8,11,19H,1-4H2,(H,20,26)(H,28,29)(H2,18,30,31)(H,21,22,23,24);/q;+1/p-1/t6?,8?,11-;/m0./s1. The number of alkyl halides is 3. The molecule has 0 radical (unpaired) electrons. The van der Waals surface area contributed by atoms with Gasteiger partial charge in [-0.15, -0.1) is 16.9 Å². The van der Waals surface area contributed by atoms with E-state index in [0.717, 1.165) is 28.4 Å². The van der Waals surface area contributed by atoms with Gasteiger partial charge in [-0.1, -0.05) is 11.8 Å². The number of nitrogens with zero attached hydrogens (tertiary/aromatic N) is 4. The van der Waals surface area contributed by atoms with Crippen LogP contribution in [0, 0.1) is 0 Å². The SMILES string of the molecule is NS(=O)(=O)NCCC(Sc1nnn[nH]1)C1=C(C(=O)[O-])N2C(=O)C(NC(=O)CSC(F)(F)F)[C@@H]2SC1.[Na+]. The second kappa shape index (κ2) is 12.7. The number of aromatic nitrogens is 4. The van der Waals surface area contributed by atoms with E-state index in [9.17, 15) is 41.1 Å². The largest absolute Gasteiger partial charge is 1.00 e. The van der Waals surface area contributed by atoms with Crippen molar-refractivity contribution >= 4 is 63.3 Å². The molecule has 2 amide bonds. The Hall–Kier alpha value is -1.07. The number of fused-ring (bicyclic) bond motifs is 1. The van der Waals surface area contributed by atoms with Gasteiger partial charge in [-0.05, 0) is 34.2 Å². The maximum Gasteiger partial charge on any atom is 1.00 e. The summed E-state index contributed by atoms with van der Waals surface area (Å²) in [6.07, 6.45) is 0.0238. The Labute approximate surface area is 236 Å². The number of carbonyl (C=O) groups is 3. The number of carboxylic acids is 1. The summed E-state index contributed by atoms with van der Waals surface area (Å²) >= 11 is 1.48. The first-order chi connectivity index (χ1) is 16.3. The molecule has 3 atom stereocenters. The van der Waals surface area contributed by atoms with Crippen molar-refractivity contribution in [1.29, 1.82) is 0 Å². The Kier molecular flexibility index (Phi) is 10.9. The van der Waals surface area contributed by atoms with E-state index >= 15 is 0 Å². The molecule has 1 saturated heterocycles. The number of hydrogen-bond acceptors (Lipinski definition) is 12. The molecule has 2 aliphatic heterocycles. The summed E-state index contributed by atoms with van der Waals surface area (Å²) in [5.41, 5.74) is -4.90. The summed E-state index contributed by atoms with van der Waals surface area (Å²) in [7, 11) is -4.03. The van der Waals surface area contributed by atoms with Gasteiger partial charge in [-0.25, -0.2) is 15.0 Å². The zero-order chi connectivity index (χ0) is 26.0. The van der Waals surface area contributed by atoms with E-state index in [4.69, 9.17) is 5.14 Å². The molecule has 0 bridgehead atoms. The van der Waals surface area contributed by atoms with Crippen LogP contribution in [-0.4, -0.2) is 91.9 Å². The summed E-state index contributed by atoms with van der Waals surface area (Å²) < 4.78 is 61.4. The fourth-order valence-corrected chi connectivity index (χ4v) is 6.54. The summed E-state index contributed by atoms with van der Waals surface area (Å²) in [6, 6.07) is -1.22. The molecule has 3 rings (SSSR count). The molecule has 36 heavy (non-hydrogen) atoms. The molecule has 2 unspecified atom stereocenters.